The minimum atomic E-state index is -4.12. The predicted octanol–water partition coefficient (Wildman–Crippen LogP) is 1.55. The van der Waals surface area contributed by atoms with Crippen molar-refractivity contribution in [1.82, 2.24) is 0 Å². The third-order valence-corrected chi connectivity index (χ3v) is 3.79. The highest BCUT2D eigenvalue weighted by atomic mass is 32.2. The van der Waals surface area contributed by atoms with Gasteiger partial charge in [0.2, 0.25) is 0 Å². The largest absolute Gasteiger partial charge is 0.372 e. The van der Waals surface area contributed by atoms with Gasteiger partial charge >= 0.3 is 0 Å². The van der Waals surface area contributed by atoms with Crippen LogP contribution in [0.15, 0.2) is 29.2 Å². The van der Waals surface area contributed by atoms with E-state index in [-0.39, 0.29) is 17.1 Å². The number of morpholine rings is 1. The van der Waals surface area contributed by atoms with Gasteiger partial charge in [0.1, 0.15) is 0 Å². The van der Waals surface area contributed by atoms with Crippen LogP contribution in [-0.4, -0.2) is 38.3 Å². The molecule has 0 bridgehead atoms. The Labute approximate surface area is 107 Å². The van der Waals surface area contributed by atoms with Crippen molar-refractivity contribution in [2.24, 2.45) is 0 Å². The van der Waals surface area contributed by atoms with Crippen LogP contribution >= 0.6 is 0 Å². The molecule has 2 rings (SSSR count). The van der Waals surface area contributed by atoms with E-state index in [0.717, 1.165) is 18.8 Å². The highest BCUT2D eigenvalue weighted by molar-refractivity contribution is 7.85. The van der Waals surface area contributed by atoms with Crippen LogP contribution in [0.1, 0.15) is 13.8 Å². The maximum absolute atomic E-state index is 10.9. The van der Waals surface area contributed by atoms with E-state index in [1.165, 1.54) is 12.1 Å². The zero-order chi connectivity index (χ0) is 13.3. The number of nitrogens with zero attached hydrogens (tertiary/aromatic N) is 1. The van der Waals surface area contributed by atoms with Crippen LogP contribution in [0.3, 0.4) is 0 Å². The monoisotopic (exact) mass is 271 g/mol. The molecule has 6 heteroatoms. The smallest absolute Gasteiger partial charge is 0.294 e. The number of ether oxygens (including phenoxy) is 1. The van der Waals surface area contributed by atoms with Gasteiger partial charge in [0, 0.05) is 18.8 Å². The summed E-state index contributed by atoms with van der Waals surface area (Å²) in [5.74, 6) is 0. The van der Waals surface area contributed by atoms with Crippen LogP contribution < -0.4 is 4.90 Å². The molecule has 0 unspecified atom stereocenters. The van der Waals surface area contributed by atoms with Gasteiger partial charge in [0.25, 0.3) is 10.1 Å². The van der Waals surface area contributed by atoms with Gasteiger partial charge in [-0.3, -0.25) is 4.55 Å². The van der Waals surface area contributed by atoms with Gasteiger partial charge in [-0.2, -0.15) is 8.42 Å². The number of rotatable bonds is 2. The Hall–Kier alpha value is -1.11. The summed E-state index contributed by atoms with van der Waals surface area (Å²) < 4.78 is 36.4. The summed E-state index contributed by atoms with van der Waals surface area (Å²) in [6.07, 6.45) is 0.296. The molecular formula is C12H17NO4S. The molecule has 0 aromatic heterocycles. The van der Waals surface area contributed by atoms with Crippen molar-refractivity contribution in [3.8, 4) is 0 Å². The van der Waals surface area contributed by atoms with Gasteiger partial charge in [-0.15, -0.1) is 0 Å². The average Bonchev–Trinajstić information content (AvgIpc) is 2.27. The molecule has 0 radical (unpaired) electrons. The maximum atomic E-state index is 10.9. The summed E-state index contributed by atoms with van der Waals surface area (Å²) in [4.78, 5) is 2.06. The minimum absolute atomic E-state index is 0.0828. The molecule has 5 nitrogen and oxygen atoms in total. The molecule has 1 saturated heterocycles. The average molecular weight is 271 g/mol. The summed E-state index contributed by atoms with van der Waals surface area (Å²) in [7, 11) is -4.12. The van der Waals surface area contributed by atoms with E-state index in [9.17, 15) is 8.42 Å². The summed E-state index contributed by atoms with van der Waals surface area (Å²) in [6.45, 7) is 5.57. The topological polar surface area (TPSA) is 66.8 Å². The Morgan fingerprint density at radius 1 is 1.17 bits per heavy atom. The van der Waals surface area contributed by atoms with E-state index in [2.05, 4.69) is 4.90 Å². The van der Waals surface area contributed by atoms with Gasteiger partial charge < -0.3 is 9.64 Å². The van der Waals surface area contributed by atoms with Crippen LogP contribution in [0.5, 0.6) is 0 Å². The van der Waals surface area contributed by atoms with Crippen LogP contribution in [0.2, 0.25) is 0 Å². The van der Waals surface area contributed by atoms with Crippen molar-refractivity contribution in [1.29, 1.82) is 0 Å². The van der Waals surface area contributed by atoms with Crippen molar-refractivity contribution >= 4 is 15.8 Å². The van der Waals surface area contributed by atoms with Gasteiger partial charge in [0.15, 0.2) is 0 Å². The second-order valence-electron chi connectivity index (χ2n) is 4.63. The van der Waals surface area contributed by atoms with E-state index in [1.807, 2.05) is 13.8 Å². The Morgan fingerprint density at radius 3 is 2.11 bits per heavy atom. The van der Waals surface area contributed by atoms with Crippen molar-refractivity contribution < 1.29 is 17.7 Å². The fourth-order valence-corrected chi connectivity index (χ4v) is 2.70. The number of anilines is 1. The first-order valence-electron chi connectivity index (χ1n) is 5.84. The quantitative estimate of drug-likeness (QED) is 0.827. The van der Waals surface area contributed by atoms with Crippen molar-refractivity contribution in [3.05, 3.63) is 24.3 Å². The van der Waals surface area contributed by atoms with Gasteiger partial charge in [-0.05, 0) is 38.1 Å². The van der Waals surface area contributed by atoms with E-state index in [1.54, 1.807) is 12.1 Å². The zero-order valence-corrected chi connectivity index (χ0v) is 11.2. The molecule has 1 aliphatic rings. The molecule has 18 heavy (non-hydrogen) atoms. The highest BCUT2D eigenvalue weighted by Crippen LogP contribution is 2.22. The number of hydrogen-bond donors (Lipinski definition) is 1. The lowest BCUT2D eigenvalue weighted by Crippen LogP contribution is -2.45. The van der Waals surface area contributed by atoms with Crippen LogP contribution in [-0.2, 0) is 14.9 Å². The Kier molecular flexibility index (Phi) is 3.61. The second kappa shape index (κ2) is 4.87. The first-order valence-corrected chi connectivity index (χ1v) is 7.28. The molecule has 0 aliphatic carbocycles. The third kappa shape index (κ3) is 3.01. The molecule has 1 heterocycles. The minimum Gasteiger partial charge on any atom is -0.372 e. The lowest BCUT2D eigenvalue weighted by Gasteiger charge is -2.36. The lowest BCUT2D eigenvalue weighted by molar-refractivity contribution is -0.00522. The highest BCUT2D eigenvalue weighted by Gasteiger charge is 2.22. The molecule has 100 valence electrons. The van der Waals surface area contributed by atoms with Crippen molar-refractivity contribution in [3.63, 3.8) is 0 Å². The second-order valence-corrected chi connectivity index (χ2v) is 6.05. The number of hydrogen-bond acceptors (Lipinski definition) is 4. The molecule has 1 fully saturated rings. The zero-order valence-electron chi connectivity index (χ0n) is 10.4. The molecular weight excluding hydrogens is 254 g/mol. The van der Waals surface area contributed by atoms with E-state index < -0.39 is 10.1 Å². The normalized spacial score (nSPS) is 25.2. The SMILES string of the molecule is C[C@@H]1CN(c2ccc(S(=O)(=O)O)cc2)C[C@H](C)O1. The fraction of sp³-hybridized carbons (Fsp3) is 0.500. The third-order valence-electron chi connectivity index (χ3n) is 2.92. The van der Waals surface area contributed by atoms with Gasteiger partial charge in [-0.1, -0.05) is 0 Å². The molecule has 0 amide bonds. The van der Waals surface area contributed by atoms with Crippen molar-refractivity contribution in [2.75, 3.05) is 18.0 Å². The first-order chi connectivity index (χ1) is 8.36. The standard InChI is InChI=1S/C12H17NO4S/c1-9-7-13(8-10(2)17-9)11-3-5-12(6-4-11)18(14,15)16/h3-6,9-10H,7-8H2,1-2H3,(H,14,15,16)/t9-,10+. The molecule has 1 aliphatic heterocycles. The van der Waals surface area contributed by atoms with E-state index in [4.69, 9.17) is 9.29 Å². The van der Waals surface area contributed by atoms with Crippen LogP contribution in [0.4, 0.5) is 5.69 Å². The number of benzene rings is 1. The van der Waals surface area contributed by atoms with Crippen LogP contribution in [0.25, 0.3) is 0 Å². The molecule has 2 atom stereocenters. The first kappa shape index (κ1) is 13.3. The molecule has 0 saturated carbocycles. The van der Waals surface area contributed by atoms with E-state index >= 15 is 0 Å². The summed E-state index contributed by atoms with van der Waals surface area (Å²) in [5, 5.41) is 0. The maximum Gasteiger partial charge on any atom is 0.294 e. The Bertz CT molecular complexity index is 501. The predicted molar refractivity (Wildman–Crippen MR) is 68.5 cm³/mol. The van der Waals surface area contributed by atoms with Gasteiger partial charge in [-0.25, -0.2) is 0 Å². The molecule has 1 aromatic rings. The summed E-state index contributed by atoms with van der Waals surface area (Å²) in [6, 6.07) is 6.23. The summed E-state index contributed by atoms with van der Waals surface area (Å²) in [5.41, 5.74) is 0.935. The van der Waals surface area contributed by atoms with E-state index in [0.29, 0.717) is 0 Å². The summed E-state index contributed by atoms with van der Waals surface area (Å²) >= 11 is 0. The fourth-order valence-electron chi connectivity index (χ4n) is 2.22. The molecule has 1 aromatic carbocycles. The van der Waals surface area contributed by atoms with Crippen molar-refractivity contribution in [2.45, 2.75) is 31.0 Å². The molecule has 0 spiro atoms. The van der Waals surface area contributed by atoms with Gasteiger partial charge in [0.05, 0.1) is 17.1 Å². The Balaban J connectivity index is 2.19. The lowest BCUT2D eigenvalue weighted by atomic mass is 10.2. The molecule has 1 N–H and O–H groups in total. The Morgan fingerprint density at radius 2 is 1.67 bits per heavy atom. The van der Waals surface area contributed by atoms with Crippen LogP contribution in [0, 0.1) is 0 Å².